The molecule has 1 aliphatic rings. The minimum atomic E-state index is -0.0623. The predicted octanol–water partition coefficient (Wildman–Crippen LogP) is 4.13. The van der Waals surface area contributed by atoms with Crippen molar-refractivity contribution in [2.45, 2.75) is 5.16 Å². The molecule has 154 valence electrons. The Morgan fingerprint density at radius 1 is 1.10 bits per heavy atom. The number of thiophene rings is 1. The molecule has 0 spiro atoms. The topological polar surface area (TPSA) is 60.5 Å². The van der Waals surface area contributed by atoms with Gasteiger partial charge in [-0.15, -0.1) is 11.3 Å². The third kappa shape index (κ3) is 3.83. The van der Waals surface area contributed by atoms with Gasteiger partial charge in [-0.05, 0) is 24.3 Å². The summed E-state index contributed by atoms with van der Waals surface area (Å²) in [4.78, 5) is 21.7. The van der Waals surface area contributed by atoms with Crippen LogP contribution in [0, 0.1) is 0 Å². The van der Waals surface area contributed by atoms with Crippen molar-refractivity contribution in [2.75, 3.05) is 38.6 Å². The number of fused-ring (bicyclic) bond motifs is 1. The average Bonchev–Trinajstić information content (AvgIpc) is 3.45. The number of benzene rings is 1. The van der Waals surface area contributed by atoms with Crippen LogP contribution in [0.5, 0.6) is 0 Å². The molecule has 0 aliphatic carbocycles. The van der Waals surface area contributed by atoms with Crippen LogP contribution in [0.3, 0.4) is 0 Å². The maximum absolute atomic E-state index is 13.6. The van der Waals surface area contributed by atoms with E-state index in [4.69, 9.17) is 14.1 Å². The Kier molecular flexibility index (Phi) is 5.72. The van der Waals surface area contributed by atoms with Crippen molar-refractivity contribution in [3.63, 3.8) is 0 Å². The van der Waals surface area contributed by atoms with Crippen molar-refractivity contribution in [1.29, 1.82) is 0 Å². The number of para-hydroxylation sites is 1. The van der Waals surface area contributed by atoms with E-state index >= 15 is 0 Å². The summed E-state index contributed by atoms with van der Waals surface area (Å²) in [7, 11) is 0. The number of nitrogens with zero attached hydrogens (tertiary/aromatic N) is 3. The van der Waals surface area contributed by atoms with E-state index in [0.717, 1.165) is 59.8 Å². The average molecular weight is 440 g/mol. The number of aromatic nitrogens is 2. The molecule has 0 bridgehead atoms. The van der Waals surface area contributed by atoms with E-state index in [0.29, 0.717) is 11.1 Å². The van der Waals surface area contributed by atoms with Crippen LogP contribution in [0.2, 0.25) is 0 Å². The van der Waals surface area contributed by atoms with Crippen molar-refractivity contribution in [2.24, 2.45) is 0 Å². The second-order valence-corrected chi connectivity index (χ2v) is 8.90. The smallest absolute Gasteiger partial charge is 0.268 e. The minimum Gasteiger partial charge on any atom is -0.464 e. The van der Waals surface area contributed by atoms with Gasteiger partial charge in [-0.2, -0.15) is 0 Å². The SMILES string of the molecule is O=c1c2c(-c3ccco3)csc2nc(SCCN2CCOCC2)n1-c1ccccc1. The quantitative estimate of drug-likeness (QED) is 0.333. The largest absolute Gasteiger partial charge is 0.464 e. The molecular formula is C22H21N3O3S2. The third-order valence-corrected chi connectivity index (χ3v) is 6.91. The van der Waals surface area contributed by atoms with E-state index in [1.165, 1.54) is 11.3 Å². The van der Waals surface area contributed by atoms with Gasteiger partial charge in [0.1, 0.15) is 10.6 Å². The lowest BCUT2D eigenvalue weighted by atomic mass is 10.2. The monoisotopic (exact) mass is 439 g/mol. The molecule has 5 rings (SSSR count). The van der Waals surface area contributed by atoms with Crippen LogP contribution in [0.4, 0.5) is 0 Å². The molecule has 0 atom stereocenters. The van der Waals surface area contributed by atoms with Crippen LogP contribution in [-0.2, 0) is 4.74 Å². The number of rotatable bonds is 6. The van der Waals surface area contributed by atoms with Crippen LogP contribution >= 0.6 is 23.1 Å². The Morgan fingerprint density at radius 2 is 1.93 bits per heavy atom. The first-order valence-corrected chi connectivity index (χ1v) is 11.7. The molecular weight excluding hydrogens is 418 g/mol. The lowest BCUT2D eigenvalue weighted by molar-refractivity contribution is 0.0410. The molecule has 3 aromatic heterocycles. The molecule has 1 aliphatic heterocycles. The van der Waals surface area contributed by atoms with Gasteiger partial charge in [0.2, 0.25) is 0 Å². The van der Waals surface area contributed by atoms with Crippen molar-refractivity contribution in [1.82, 2.24) is 14.5 Å². The van der Waals surface area contributed by atoms with Crippen LogP contribution in [0.1, 0.15) is 0 Å². The zero-order valence-corrected chi connectivity index (χ0v) is 18.0. The second-order valence-electron chi connectivity index (χ2n) is 6.98. The molecule has 1 aromatic carbocycles. The third-order valence-electron chi connectivity index (χ3n) is 5.12. The Balaban J connectivity index is 1.54. The molecule has 1 fully saturated rings. The summed E-state index contributed by atoms with van der Waals surface area (Å²) in [6.45, 7) is 4.42. The summed E-state index contributed by atoms with van der Waals surface area (Å²) in [5.74, 6) is 1.55. The number of thioether (sulfide) groups is 1. The molecule has 1 saturated heterocycles. The molecule has 0 unspecified atom stereocenters. The van der Waals surface area contributed by atoms with Crippen molar-refractivity contribution in [3.8, 4) is 17.0 Å². The van der Waals surface area contributed by atoms with Crippen LogP contribution in [-0.4, -0.2) is 53.1 Å². The fraction of sp³-hybridized carbons (Fsp3) is 0.273. The van der Waals surface area contributed by atoms with Crippen molar-refractivity contribution in [3.05, 3.63) is 64.5 Å². The number of hydrogen-bond donors (Lipinski definition) is 0. The molecule has 4 aromatic rings. The van der Waals surface area contributed by atoms with Gasteiger partial charge < -0.3 is 9.15 Å². The maximum atomic E-state index is 13.6. The lowest BCUT2D eigenvalue weighted by Gasteiger charge is -2.26. The normalized spacial score (nSPS) is 15.1. The van der Waals surface area contributed by atoms with Crippen molar-refractivity contribution < 1.29 is 9.15 Å². The van der Waals surface area contributed by atoms with Crippen molar-refractivity contribution >= 4 is 33.3 Å². The highest BCUT2D eigenvalue weighted by Gasteiger charge is 2.20. The summed E-state index contributed by atoms with van der Waals surface area (Å²) in [5, 5.41) is 3.28. The fourth-order valence-corrected chi connectivity index (χ4v) is 5.56. The molecule has 4 heterocycles. The van der Waals surface area contributed by atoms with E-state index in [-0.39, 0.29) is 5.56 Å². The highest BCUT2D eigenvalue weighted by atomic mass is 32.2. The predicted molar refractivity (Wildman–Crippen MR) is 121 cm³/mol. The second kappa shape index (κ2) is 8.77. The minimum absolute atomic E-state index is 0.0623. The Bertz CT molecular complexity index is 1180. The van der Waals surface area contributed by atoms with Crippen LogP contribution in [0.15, 0.2) is 68.5 Å². The highest BCUT2D eigenvalue weighted by molar-refractivity contribution is 7.99. The molecule has 6 nitrogen and oxygen atoms in total. The van der Waals surface area contributed by atoms with E-state index in [1.54, 1.807) is 22.6 Å². The van der Waals surface area contributed by atoms with Gasteiger partial charge in [0.25, 0.3) is 5.56 Å². The first-order chi connectivity index (χ1) is 14.8. The Morgan fingerprint density at radius 3 is 2.70 bits per heavy atom. The molecule has 0 saturated carbocycles. The Hall–Kier alpha value is -2.39. The maximum Gasteiger partial charge on any atom is 0.268 e. The zero-order chi connectivity index (χ0) is 20.3. The van der Waals surface area contributed by atoms with E-state index in [1.807, 2.05) is 47.8 Å². The van der Waals surface area contributed by atoms with E-state index < -0.39 is 0 Å². The molecule has 8 heteroatoms. The van der Waals surface area contributed by atoms with Gasteiger partial charge in [0.15, 0.2) is 5.16 Å². The van der Waals surface area contributed by atoms with Crippen LogP contribution < -0.4 is 5.56 Å². The highest BCUT2D eigenvalue weighted by Crippen LogP contribution is 2.33. The van der Waals surface area contributed by atoms with Gasteiger partial charge >= 0.3 is 0 Å². The van der Waals surface area contributed by atoms with Crippen LogP contribution in [0.25, 0.3) is 27.2 Å². The Labute approximate surface area is 182 Å². The number of morpholine rings is 1. The number of hydrogen-bond acceptors (Lipinski definition) is 7. The van der Waals surface area contributed by atoms with Gasteiger partial charge in [-0.3, -0.25) is 14.3 Å². The molecule has 0 radical (unpaired) electrons. The zero-order valence-electron chi connectivity index (χ0n) is 16.3. The van der Waals surface area contributed by atoms with Gasteiger partial charge in [-0.1, -0.05) is 30.0 Å². The molecule has 30 heavy (non-hydrogen) atoms. The number of ether oxygens (including phenoxy) is 1. The van der Waals surface area contributed by atoms with E-state index in [2.05, 4.69) is 4.90 Å². The number of furan rings is 1. The molecule has 0 amide bonds. The summed E-state index contributed by atoms with van der Waals surface area (Å²) < 4.78 is 12.7. The van der Waals surface area contributed by atoms with Gasteiger partial charge in [0.05, 0.1) is 30.6 Å². The first kappa shape index (κ1) is 19.6. The lowest BCUT2D eigenvalue weighted by Crippen LogP contribution is -2.37. The fourth-order valence-electron chi connectivity index (χ4n) is 3.58. The van der Waals surface area contributed by atoms with Gasteiger partial charge in [-0.25, -0.2) is 4.98 Å². The first-order valence-electron chi connectivity index (χ1n) is 9.88. The summed E-state index contributed by atoms with van der Waals surface area (Å²) >= 11 is 3.11. The summed E-state index contributed by atoms with van der Waals surface area (Å²) in [6.07, 6.45) is 1.62. The summed E-state index contributed by atoms with van der Waals surface area (Å²) in [5.41, 5.74) is 1.56. The summed E-state index contributed by atoms with van der Waals surface area (Å²) in [6, 6.07) is 13.4. The van der Waals surface area contributed by atoms with E-state index in [9.17, 15) is 4.79 Å². The standard InChI is InChI=1S/C22H21N3O3S2/c26-21-19-17(18-7-4-11-28-18)15-30-20(19)23-22(25(21)16-5-2-1-3-6-16)29-14-10-24-8-12-27-13-9-24/h1-7,11,15H,8-10,12-14H2. The molecule has 0 N–H and O–H groups in total. The van der Waals surface area contributed by atoms with Gasteiger partial charge in [0, 0.05) is 36.3 Å².